The van der Waals surface area contributed by atoms with E-state index >= 15 is 0 Å². The number of benzene rings is 3. The van der Waals surface area contributed by atoms with Gasteiger partial charge in [0.05, 0.1) is 6.04 Å². The van der Waals surface area contributed by atoms with Crippen LogP contribution in [-0.4, -0.2) is 29.5 Å². The highest BCUT2D eigenvalue weighted by Crippen LogP contribution is 2.30. The van der Waals surface area contributed by atoms with Crippen molar-refractivity contribution in [3.63, 3.8) is 0 Å². The molecule has 0 fully saturated rings. The molecule has 0 spiro atoms. The molecule has 1 heterocycles. The third kappa shape index (κ3) is 7.04. The van der Waals surface area contributed by atoms with E-state index in [2.05, 4.69) is 80.2 Å². The van der Waals surface area contributed by atoms with E-state index in [1.165, 1.54) is 11.1 Å². The molecule has 4 rings (SSSR count). The molecule has 0 aliphatic carbocycles. The van der Waals surface area contributed by atoms with Crippen molar-refractivity contribution in [3.05, 3.63) is 100 Å². The first-order valence-corrected chi connectivity index (χ1v) is 14.1. The number of halogens is 1. The second kappa shape index (κ2) is 13.0. The van der Waals surface area contributed by atoms with Crippen LogP contribution in [0.5, 0.6) is 5.75 Å². The van der Waals surface area contributed by atoms with Gasteiger partial charge >= 0.3 is 0 Å². The van der Waals surface area contributed by atoms with Crippen LogP contribution in [0.15, 0.2) is 77.2 Å². The summed E-state index contributed by atoms with van der Waals surface area (Å²) in [6, 6.07) is 26.2. The number of ether oxygens (including phenoxy) is 1. The Morgan fingerprint density at radius 3 is 2.27 bits per heavy atom. The monoisotopic (exact) mass is 556 g/mol. The van der Waals surface area contributed by atoms with E-state index in [1.54, 1.807) is 0 Å². The summed E-state index contributed by atoms with van der Waals surface area (Å²) < 4.78 is 11.9. The fourth-order valence-electron chi connectivity index (χ4n) is 4.63. The zero-order valence-corrected chi connectivity index (χ0v) is 24.6. The van der Waals surface area contributed by atoms with E-state index in [9.17, 15) is 5.26 Å². The molecule has 4 aromatic rings. The fourth-order valence-corrected chi connectivity index (χ4v) is 4.82. The molecular formula is C33H37ClN4O2. The van der Waals surface area contributed by atoms with Crippen molar-refractivity contribution in [2.45, 2.75) is 52.7 Å². The Kier molecular flexibility index (Phi) is 9.52. The zero-order valence-electron chi connectivity index (χ0n) is 23.9. The van der Waals surface area contributed by atoms with Crippen LogP contribution in [-0.2, 0) is 12.0 Å². The highest BCUT2D eigenvalue weighted by atomic mass is 35.5. The number of hydrogen-bond acceptors (Lipinski definition) is 6. The minimum absolute atomic E-state index is 0.0966. The molecule has 0 saturated heterocycles. The maximum Gasteiger partial charge on any atom is 0.232 e. The van der Waals surface area contributed by atoms with Crippen LogP contribution in [0.2, 0.25) is 5.02 Å². The Morgan fingerprint density at radius 1 is 1.00 bits per heavy atom. The maximum atomic E-state index is 9.76. The van der Waals surface area contributed by atoms with Gasteiger partial charge < -0.3 is 14.5 Å². The van der Waals surface area contributed by atoms with Crippen LogP contribution in [0.3, 0.4) is 0 Å². The normalized spacial score (nSPS) is 12.2. The van der Waals surface area contributed by atoms with Crippen molar-refractivity contribution >= 4 is 17.5 Å². The van der Waals surface area contributed by atoms with Crippen LogP contribution in [0, 0.1) is 11.3 Å². The number of anilines is 1. The summed E-state index contributed by atoms with van der Waals surface area (Å²) >= 11 is 6.23. The topological polar surface area (TPSA) is 74.3 Å². The molecule has 1 aromatic heterocycles. The lowest BCUT2D eigenvalue weighted by atomic mass is 9.86. The Bertz CT molecular complexity index is 1430. The van der Waals surface area contributed by atoms with Gasteiger partial charge in [-0.05, 0) is 60.0 Å². The van der Waals surface area contributed by atoms with E-state index in [4.69, 9.17) is 20.8 Å². The third-order valence-electron chi connectivity index (χ3n) is 7.06. The number of oxazole rings is 1. The Labute approximate surface area is 242 Å². The number of aromatic nitrogens is 1. The smallest absolute Gasteiger partial charge is 0.232 e. The maximum absolute atomic E-state index is 9.76. The van der Waals surface area contributed by atoms with Gasteiger partial charge in [0.1, 0.15) is 18.4 Å². The van der Waals surface area contributed by atoms with Gasteiger partial charge in [-0.2, -0.15) is 10.2 Å². The predicted molar refractivity (Wildman–Crippen MR) is 162 cm³/mol. The summed E-state index contributed by atoms with van der Waals surface area (Å²) in [5.41, 5.74) is 4.52. The molecule has 7 heteroatoms. The average Bonchev–Trinajstić information content (AvgIpc) is 3.38. The highest BCUT2D eigenvalue weighted by Gasteiger charge is 2.22. The van der Waals surface area contributed by atoms with Gasteiger partial charge in [0, 0.05) is 22.7 Å². The highest BCUT2D eigenvalue weighted by molar-refractivity contribution is 6.31. The minimum Gasteiger partial charge on any atom is -0.489 e. The lowest BCUT2D eigenvalue weighted by molar-refractivity contribution is 0.227. The Hall–Kier alpha value is -3.79. The van der Waals surface area contributed by atoms with Crippen molar-refractivity contribution in [1.29, 1.82) is 5.26 Å². The summed E-state index contributed by atoms with van der Waals surface area (Å²) in [7, 11) is 0. The van der Waals surface area contributed by atoms with Crippen LogP contribution < -0.4 is 10.1 Å². The van der Waals surface area contributed by atoms with Gasteiger partial charge in [-0.15, -0.1) is 0 Å². The van der Waals surface area contributed by atoms with Crippen molar-refractivity contribution in [1.82, 2.24) is 9.88 Å². The Balaban J connectivity index is 1.48. The SMILES string of the molecule is CCN(CC)[C@@H](CNc1oc(-c2ccc(OCc3ccccc3Cl)cc2)nc1C#N)c1ccc(C(C)(C)C)cc1. The second-order valence-corrected chi connectivity index (χ2v) is 11.1. The van der Waals surface area contributed by atoms with E-state index < -0.39 is 0 Å². The molecule has 0 saturated carbocycles. The number of hydrogen-bond donors (Lipinski definition) is 1. The molecule has 6 nitrogen and oxygen atoms in total. The van der Waals surface area contributed by atoms with Gasteiger partial charge in [0.25, 0.3) is 0 Å². The van der Waals surface area contributed by atoms with Gasteiger partial charge in [0.15, 0.2) is 0 Å². The summed E-state index contributed by atoms with van der Waals surface area (Å²) in [4.78, 5) is 6.84. The first-order chi connectivity index (χ1) is 19.2. The number of rotatable bonds is 11. The van der Waals surface area contributed by atoms with E-state index in [0.717, 1.165) is 24.2 Å². The molecule has 40 heavy (non-hydrogen) atoms. The van der Waals surface area contributed by atoms with Gasteiger partial charge in [-0.1, -0.05) is 88.7 Å². The molecule has 0 bridgehead atoms. The third-order valence-corrected chi connectivity index (χ3v) is 7.43. The standard InChI is InChI=1S/C33H37ClN4O2/c1-6-38(7-2)30(23-12-16-26(17-13-23)33(3,4)5)21-36-32-29(20-35)37-31(40-32)24-14-18-27(19-15-24)39-22-25-10-8-9-11-28(25)34/h8-19,30,36H,6-7,21-22H2,1-5H3/t30-/m0/s1. The quantitative estimate of drug-likeness (QED) is 0.200. The van der Waals surface area contributed by atoms with E-state index in [0.29, 0.717) is 35.7 Å². The molecule has 0 aliphatic heterocycles. The first-order valence-electron chi connectivity index (χ1n) is 13.7. The second-order valence-electron chi connectivity index (χ2n) is 10.7. The molecule has 0 radical (unpaired) electrons. The molecule has 3 aromatic carbocycles. The van der Waals surface area contributed by atoms with Crippen molar-refractivity contribution < 1.29 is 9.15 Å². The van der Waals surface area contributed by atoms with Gasteiger partial charge in [-0.3, -0.25) is 4.90 Å². The molecule has 208 valence electrons. The number of likely N-dealkylation sites (N-methyl/N-ethyl adjacent to an activating group) is 1. The summed E-state index contributed by atoms with van der Waals surface area (Å²) in [5.74, 6) is 1.46. The van der Waals surface area contributed by atoms with E-state index in [-0.39, 0.29) is 17.2 Å². The summed E-state index contributed by atoms with van der Waals surface area (Å²) in [6.07, 6.45) is 0. The lowest BCUT2D eigenvalue weighted by Crippen LogP contribution is -2.33. The van der Waals surface area contributed by atoms with Crippen molar-refractivity contribution in [2.75, 3.05) is 25.0 Å². The molecular weight excluding hydrogens is 520 g/mol. The molecule has 1 atom stereocenters. The largest absolute Gasteiger partial charge is 0.489 e. The van der Waals surface area contributed by atoms with Crippen LogP contribution >= 0.6 is 11.6 Å². The number of nitriles is 1. The molecule has 0 aliphatic rings. The van der Waals surface area contributed by atoms with Crippen LogP contribution in [0.25, 0.3) is 11.5 Å². The van der Waals surface area contributed by atoms with E-state index in [1.807, 2.05) is 48.5 Å². The summed E-state index contributed by atoms with van der Waals surface area (Å²) in [6.45, 7) is 13.7. The molecule has 1 N–H and O–H groups in total. The molecule has 0 amide bonds. The number of nitrogens with one attached hydrogen (secondary N) is 1. The average molecular weight is 557 g/mol. The van der Waals surface area contributed by atoms with Crippen LogP contribution in [0.4, 0.5) is 5.88 Å². The first kappa shape index (κ1) is 29.2. The zero-order chi connectivity index (χ0) is 28.7. The minimum atomic E-state index is 0.0966. The fraction of sp³-hybridized carbons (Fsp3) is 0.333. The summed E-state index contributed by atoms with van der Waals surface area (Å²) in [5, 5.41) is 13.8. The predicted octanol–water partition coefficient (Wildman–Crippen LogP) is 8.24. The van der Waals surface area contributed by atoms with Gasteiger partial charge in [0.2, 0.25) is 17.5 Å². The van der Waals surface area contributed by atoms with Crippen molar-refractivity contribution in [3.8, 4) is 23.3 Å². The Morgan fingerprint density at radius 2 is 1.68 bits per heavy atom. The number of nitrogens with zero attached hydrogens (tertiary/aromatic N) is 3. The van der Waals surface area contributed by atoms with Gasteiger partial charge in [-0.25, -0.2) is 0 Å². The molecule has 0 unspecified atom stereocenters. The lowest BCUT2D eigenvalue weighted by Gasteiger charge is -2.31. The van der Waals surface area contributed by atoms with Crippen molar-refractivity contribution in [2.24, 2.45) is 0 Å². The van der Waals surface area contributed by atoms with Crippen LogP contribution in [0.1, 0.15) is 63.0 Å².